The minimum absolute atomic E-state index is 0.0375. The van der Waals surface area contributed by atoms with Crippen LogP contribution in [0.1, 0.15) is 16.2 Å². The van der Waals surface area contributed by atoms with Crippen molar-refractivity contribution in [1.82, 2.24) is 19.8 Å². The van der Waals surface area contributed by atoms with Crippen LogP contribution in [0.3, 0.4) is 0 Å². The van der Waals surface area contributed by atoms with Gasteiger partial charge in [-0.3, -0.25) is 4.79 Å². The molecule has 2 N–H and O–H groups in total. The predicted octanol–water partition coefficient (Wildman–Crippen LogP) is 2.48. The van der Waals surface area contributed by atoms with Crippen LogP contribution in [0.4, 0.5) is 0 Å². The number of ether oxygens (including phenoxy) is 1. The molecule has 0 saturated heterocycles. The molecule has 118 valence electrons. The number of hydrogen-bond acceptors (Lipinski definition) is 5. The molecular weight excluding hydrogens is 306 g/mol. The largest absolute Gasteiger partial charge is 0.437 e. The van der Waals surface area contributed by atoms with Gasteiger partial charge in [0.2, 0.25) is 11.7 Å². The lowest BCUT2D eigenvalue weighted by atomic mass is 10.2. The van der Waals surface area contributed by atoms with Gasteiger partial charge in [-0.1, -0.05) is 35.9 Å². The lowest BCUT2D eigenvalue weighted by Crippen LogP contribution is -2.16. The quantitative estimate of drug-likeness (QED) is 0.626. The molecule has 0 unspecified atom stereocenters. The van der Waals surface area contributed by atoms with Gasteiger partial charge < -0.3 is 10.5 Å². The van der Waals surface area contributed by atoms with E-state index in [2.05, 4.69) is 15.3 Å². The van der Waals surface area contributed by atoms with Gasteiger partial charge in [0.25, 0.3) is 5.91 Å². The Hall–Kier alpha value is -3.48. The molecule has 0 fully saturated rings. The number of hydrogen-bond donors (Lipinski definition) is 1. The summed E-state index contributed by atoms with van der Waals surface area (Å²) in [7, 11) is 0. The standard InChI is InChI=1S/C17H13N5O2/c1-10-6-8-11(9-7-10)24-17-13-5-3-2-4-12(13)15-19-20-16(14(18)23)22(15)21-17/h2-9H,1H3,(H2,18,23). The van der Waals surface area contributed by atoms with E-state index in [-0.39, 0.29) is 5.82 Å². The Bertz CT molecular complexity index is 1070. The first-order chi connectivity index (χ1) is 11.6. The van der Waals surface area contributed by atoms with Crippen LogP contribution in [-0.2, 0) is 0 Å². The minimum Gasteiger partial charge on any atom is -0.437 e. The van der Waals surface area contributed by atoms with Gasteiger partial charge in [0.1, 0.15) is 5.75 Å². The molecule has 0 saturated carbocycles. The van der Waals surface area contributed by atoms with Crippen molar-refractivity contribution in [3.05, 3.63) is 59.9 Å². The number of benzene rings is 2. The number of nitrogens with zero attached hydrogens (tertiary/aromatic N) is 4. The molecule has 0 bridgehead atoms. The lowest BCUT2D eigenvalue weighted by Gasteiger charge is -2.09. The molecule has 0 radical (unpaired) electrons. The van der Waals surface area contributed by atoms with E-state index in [1.165, 1.54) is 4.52 Å². The summed E-state index contributed by atoms with van der Waals surface area (Å²) in [6.45, 7) is 2.00. The van der Waals surface area contributed by atoms with Crippen molar-refractivity contribution in [3.63, 3.8) is 0 Å². The molecule has 24 heavy (non-hydrogen) atoms. The number of rotatable bonds is 3. The third-order valence-electron chi connectivity index (χ3n) is 3.69. The van der Waals surface area contributed by atoms with Crippen LogP contribution in [0.5, 0.6) is 11.6 Å². The van der Waals surface area contributed by atoms with Crippen molar-refractivity contribution in [1.29, 1.82) is 0 Å². The second-order valence-electron chi connectivity index (χ2n) is 5.39. The maximum atomic E-state index is 11.5. The Kier molecular flexibility index (Phi) is 3.13. The van der Waals surface area contributed by atoms with E-state index in [0.29, 0.717) is 17.3 Å². The van der Waals surface area contributed by atoms with Crippen LogP contribution in [0.15, 0.2) is 48.5 Å². The van der Waals surface area contributed by atoms with E-state index in [0.717, 1.165) is 16.3 Å². The van der Waals surface area contributed by atoms with E-state index >= 15 is 0 Å². The summed E-state index contributed by atoms with van der Waals surface area (Å²) in [5.41, 5.74) is 6.93. The average Bonchev–Trinajstić information content (AvgIpc) is 3.01. The Balaban J connectivity index is 1.96. The van der Waals surface area contributed by atoms with Crippen molar-refractivity contribution >= 4 is 22.3 Å². The third-order valence-corrected chi connectivity index (χ3v) is 3.69. The number of primary amides is 1. The SMILES string of the molecule is Cc1ccc(Oc2nn3c(C(N)=O)nnc3c3ccccc23)cc1. The summed E-state index contributed by atoms with van der Waals surface area (Å²) in [5, 5.41) is 13.8. The van der Waals surface area contributed by atoms with Gasteiger partial charge in [0, 0.05) is 10.8 Å². The summed E-state index contributed by atoms with van der Waals surface area (Å²) in [6.07, 6.45) is 0. The predicted molar refractivity (Wildman–Crippen MR) is 88.1 cm³/mol. The van der Waals surface area contributed by atoms with Crippen molar-refractivity contribution in [3.8, 4) is 11.6 Å². The van der Waals surface area contributed by atoms with E-state index in [1.807, 2.05) is 55.5 Å². The monoisotopic (exact) mass is 319 g/mol. The van der Waals surface area contributed by atoms with Crippen molar-refractivity contribution < 1.29 is 9.53 Å². The van der Waals surface area contributed by atoms with Crippen molar-refractivity contribution in [2.45, 2.75) is 6.92 Å². The normalized spacial score (nSPS) is 11.0. The number of carbonyl (C=O) groups excluding carboxylic acids is 1. The Labute approximate surface area is 136 Å². The third kappa shape index (κ3) is 2.23. The first-order valence-electron chi connectivity index (χ1n) is 7.32. The lowest BCUT2D eigenvalue weighted by molar-refractivity contribution is 0.0988. The fourth-order valence-electron chi connectivity index (χ4n) is 2.50. The second-order valence-corrected chi connectivity index (χ2v) is 5.39. The van der Waals surface area contributed by atoms with Crippen LogP contribution in [-0.4, -0.2) is 25.7 Å². The highest BCUT2D eigenvalue weighted by molar-refractivity contribution is 5.98. The average molecular weight is 319 g/mol. The Morgan fingerprint density at radius 1 is 1.04 bits per heavy atom. The van der Waals surface area contributed by atoms with Crippen molar-refractivity contribution in [2.75, 3.05) is 0 Å². The maximum absolute atomic E-state index is 11.5. The van der Waals surface area contributed by atoms with E-state index < -0.39 is 5.91 Å². The smallest absolute Gasteiger partial charge is 0.288 e. The highest BCUT2D eigenvalue weighted by Gasteiger charge is 2.18. The number of amides is 1. The zero-order valence-electron chi connectivity index (χ0n) is 12.8. The summed E-state index contributed by atoms with van der Waals surface area (Å²) >= 11 is 0. The number of carbonyl (C=O) groups is 1. The minimum atomic E-state index is -0.702. The molecule has 4 rings (SSSR count). The molecule has 2 aromatic carbocycles. The molecule has 0 spiro atoms. The molecule has 0 atom stereocenters. The first-order valence-corrected chi connectivity index (χ1v) is 7.32. The summed E-state index contributed by atoms with van der Waals surface area (Å²) in [6, 6.07) is 15.1. The Morgan fingerprint density at radius 2 is 1.75 bits per heavy atom. The fourth-order valence-corrected chi connectivity index (χ4v) is 2.50. The summed E-state index contributed by atoms with van der Waals surface area (Å²) < 4.78 is 7.23. The maximum Gasteiger partial charge on any atom is 0.288 e. The number of aryl methyl sites for hydroxylation is 1. The van der Waals surface area contributed by atoms with Gasteiger partial charge >= 0.3 is 0 Å². The topological polar surface area (TPSA) is 95.4 Å². The van der Waals surface area contributed by atoms with Gasteiger partial charge in [0.05, 0.1) is 0 Å². The zero-order chi connectivity index (χ0) is 16.7. The number of nitrogens with two attached hydrogens (primary N) is 1. The molecule has 7 heteroatoms. The molecule has 0 aliphatic rings. The molecule has 7 nitrogen and oxygen atoms in total. The van der Waals surface area contributed by atoms with Crippen LogP contribution in [0, 0.1) is 6.92 Å². The van der Waals surface area contributed by atoms with E-state index in [4.69, 9.17) is 10.5 Å². The molecule has 0 aliphatic carbocycles. The van der Waals surface area contributed by atoms with Crippen molar-refractivity contribution in [2.24, 2.45) is 5.73 Å². The van der Waals surface area contributed by atoms with E-state index in [1.54, 1.807) is 0 Å². The van der Waals surface area contributed by atoms with Crippen LogP contribution < -0.4 is 10.5 Å². The number of fused-ring (bicyclic) bond motifs is 3. The molecule has 2 heterocycles. The zero-order valence-corrected chi connectivity index (χ0v) is 12.8. The first kappa shape index (κ1) is 14.1. The van der Waals surface area contributed by atoms with Crippen LogP contribution in [0.2, 0.25) is 0 Å². The second kappa shape index (κ2) is 5.31. The molecule has 2 aromatic heterocycles. The number of aromatic nitrogens is 4. The van der Waals surface area contributed by atoms with Crippen LogP contribution in [0.25, 0.3) is 16.4 Å². The van der Waals surface area contributed by atoms with Gasteiger partial charge in [-0.05, 0) is 25.1 Å². The summed E-state index contributed by atoms with van der Waals surface area (Å²) in [5.74, 6) is 0.256. The van der Waals surface area contributed by atoms with Gasteiger partial charge in [-0.2, -0.15) is 4.52 Å². The van der Waals surface area contributed by atoms with Gasteiger partial charge in [-0.15, -0.1) is 15.3 Å². The Morgan fingerprint density at radius 3 is 2.46 bits per heavy atom. The highest BCUT2D eigenvalue weighted by atomic mass is 16.5. The molecular formula is C17H13N5O2. The fraction of sp³-hybridized carbons (Fsp3) is 0.0588. The van der Waals surface area contributed by atoms with Gasteiger partial charge in [-0.25, -0.2) is 0 Å². The van der Waals surface area contributed by atoms with Crippen LogP contribution >= 0.6 is 0 Å². The highest BCUT2D eigenvalue weighted by Crippen LogP contribution is 2.30. The van der Waals surface area contributed by atoms with E-state index in [9.17, 15) is 4.79 Å². The van der Waals surface area contributed by atoms with Gasteiger partial charge in [0.15, 0.2) is 5.65 Å². The molecule has 1 amide bonds. The summed E-state index contributed by atoms with van der Waals surface area (Å²) in [4.78, 5) is 11.5. The molecule has 0 aliphatic heterocycles. The molecule has 4 aromatic rings.